The molecule has 3 fully saturated rings. The molecular weight excluding hydrogens is 237 g/mol. The first kappa shape index (κ1) is 12.6. The number of rotatable bonds is 1. The number of alkyl halides is 3. The molecule has 0 aromatic heterocycles. The number of thiol groups is 1. The highest BCUT2D eigenvalue weighted by atomic mass is 32.1. The van der Waals surface area contributed by atoms with Crippen molar-refractivity contribution in [2.24, 2.45) is 23.2 Å². The first-order valence-electron chi connectivity index (χ1n) is 5.58. The summed E-state index contributed by atoms with van der Waals surface area (Å²) in [5.41, 5.74) is -0.0733. The van der Waals surface area contributed by atoms with Gasteiger partial charge in [-0.2, -0.15) is 25.8 Å². The lowest BCUT2D eigenvalue weighted by Gasteiger charge is -2.62. The standard InChI is InChI=1S/C11H17F3OS/c1-10(2)5-3-6(10)8(7(16)4-5)9(15)11(12,13)14/h5-9,15-16H,3-4H2,1-2H3/t5-,6+,7+,8+,9+/m1/s1. The van der Waals surface area contributed by atoms with Crippen molar-refractivity contribution < 1.29 is 18.3 Å². The highest BCUT2D eigenvalue weighted by molar-refractivity contribution is 7.81. The molecule has 0 saturated heterocycles. The summed E-state index contributed by atoms with van der Waals surface area (Å²) in [4.78, 5) is 0. The summed E-state index contributed by atoms with van der Waals surface area (Å²) in [7, 11) is 0. The lowest BCUT2D eigenvalue weighted by Crippen LogP contribution is -2.61. The first-order chi connectivity index (χ1) is 7.15. The van der Waals surface area contributed by atoms with Gasteiger partial charge in [0.1, 0.15) is 0 Å². The van der Waals surface area contributed by atoms with Crippen LogP contribution in [0.2, 0.25) is 0 Å². The first-order valence-corrected chi connectivity index (χ1v) is 6.10. The quantitative estimate of drug-likeness (QED) is 0.689. The number of hydrogen-bond acceptors (Lipinski definition) is 2. The fraction of sp³-hybridized carbons (Fsp3) is 1.00. The zero-order valence-corrected chi connectivity index (χ0v) is 10.2. The largest absolute Gasteiger partial charge is 0.414 e. The van der Waals surface area contributed by atoms with Crippen molar-refractivity contribution in [3.63, 3.8) is 0 Å². The molecule has 16 heavy (non-hydrogen) atoms. The van der Waals surface area contributed by atoms with E-state index in [-0.39, 0.29) is 16.6 Å². The second-order valence-electron chi connectivity index (χ2n) is 5.73. The van der Waals surface area contributed by atoms with Crippen LogP contribution in [0.3, 0.4) is 0 Å². The molecule has 0 aromatic rings. The molecule has 3 aliphatic rings. The zero-order chi connectivity index (χ0) is 12.3. The zero-order valence-electron chi connectivity index (χ0n) is 9.33. The van der Waals surface area contributed by atoms with E-state index in [1.54, 1.807) is 0 Å². The van der Waals surface area contributed by atoms with Crippen molar-refractivity contribution in [1.82, 2.24) is 0 Å². The van der Waals surface area contributed by atoms with Crippen molar-refractivity contribution in [3.8, 4) is 0 Å². The molecular formula is C11H17F3OS. The SMILES string of the molecule is CC1(C)[C@H]2C[C@H](S)[C@@H]([C@H](O)C(F)(F)F)[C@@H]1C2. The number of fused-ring (bicyclic) bond motifs is 2. The molecule has 0 aromatic carbocycles. The highest BCUT2D eigenvalue weighted by Crippen LogP contribution is 2.63. The normalized spacial score (nSPS) is 43.7. The van der Waals surface area contributed by atoms with Gasteiger partial charge in [-0.05, 0) is 30.1 Å². The molecule has 0 amide bonds. The van der Waals surface area contributed by atoms with Gasteiger partial charge in [-0.15, -0.1) is 0 Å². The summed E-state index contributed by atoms with van der Waals surface area (Å²) in [5.74, 6) is -0.328. The maximum atomic E-state index is 12.6. The third-order valence-electron chi connectivity index (χ3n) is 4.68. The van der Waals surface area contributed by atoms with Gasteiger partial charge in [0.25, 0.3) is 0 Å². The molecule has 3 rings (SSSR count). The van der Waals surface area contributed by atoms with Crippen LogP contribution in [-0.2, 0) is 0 Å². The van der Waals surface area contributed by atoms with E-state index >= 15 is 0 Å². The van der Waals surface area contributed by atoms with E-state index in [1.807, 2.05) is 13.8 Å². The van der Waals surface area contributed by atoms with Gasteiger partial charge in [0.2, 0.25) is 0 Å². The van der Waals surface area contributed by atoms with Crippen LogP contribution in [-0.4, -0.2) is 22.6 Å². The number of hydrogen-bond donors (Lipinski definition) is 2. The second kappa shape index (κ2) is 3.55. The van der Waals surface area contributed by atoms with E-state index < -0.39 is 18.2 Å². The Hall–Kier alpha value is 0.100. The smallest absolute Gasteiger partial charge is 0.383 e. The summed E-state index contributed by atoms with van der Waals surface area (Å²) in [6.07, 6.45) is -5.25. The lowest BCUT2D eigenvalue weighted by atomic mass is 9.44. The van der Waals surface area contributed by atoms with Crippen LogP contribution in [0, 0.1) is 23.2 Å². The second-order valence-corrected chi connectivity index (χ2v) is 6.39. The molecule has 0 aliphatic heterocycles. The Bertz CT molecular complexity index is 287. The summed E-state index contributed by atoms with van der Waals surface area (Å²) in [6.45, 7) is 4.00. The van der Waals surface area contributed by atoms with Gasteiger partial charge in [-0.3, -0.25) is 0 Å². The van der Waals surface area contributed by atoms with Crippen LogP contribution in [0.1, 0.15) is 26.7 Å². The Kier molecular flexibility index (Phi) is 2.78. The van der Waals surface area contributed by atoms with E-state index in [0.29, 0.717) is 12.3 Å². The number of halogens is 3. The fourth-order valence-electron chi connectivity index (χ4n) is 3.47. The summed E-state index contributed by atoms with van der Waals surface area (Å²) < 4.78 is 37.7. The Morgan fingerprint density at radius 1 is 1.31 bits per heavy atom. The molecule has 1 N–H and O–H groups in total. The average Bonchev–Trinajstić information content (AvgIpc) is 2.14. The van der Waals surface area contributed by atoms with Crippen LogP contribution >= 0.6 is 12.6 Å². The van der Waals surface area contributed by atoms with E-state index in [1.165, 1.54) is 0 Å². The van der Waals surface area contributed by atoms with Crippen molar-refractivity contribution in [3.05, 3.63) is 0 Å². The number of aliphatic hydroxyl groups excluding tert-OH is 1. The molecule has 94 valence electrons. The van der Waals surface area contributed by atoms with Gasteiger partial charge in [0.05, 0.1) is 0 Å². The van der Waals surface area contributed by atoms with Crippen LogP contribution < -0.4 is 0 Å². The fourth-order valence-corrected chi connectivity index (χ4v) is 4.10. The van der Waals surface area contributed by atoms with Gasteiger partial charge in [-0.25, -0.2) is 0 Å². The van der Waals surface area contributed by atoms with E-state index in [9.17, 15) is 18.3 Å². The minimum atomic E-state index is -4.52. The van der Waals surface area contributed by atoms with Gasteiger partial charge in [0.15, 0.2) is 6.10 Å². The summed E-state index contributed by atoms with van der Waals surface area (Å²) >= 11 is 4.24. The predicted molar refractivity (Wildman–Crippen MR) is 58.3 cm³/mol. The molecule has 0 unspecified atom stereocenters. The predicted octanol–water partition coefficient (Wildman–Crippen LogP) is 2.89. The molecule has 3 saturated carbocycles. The van der Waals surface area contributed by atoms with Crippen molar-refractivity contribution in [1.29, 1.82) is 0 Å². The molecule has 1 nitrogen and oxygen atoms in total. The summed E-state index contributed by atoms with van der Waals surface area (Å²) in [5, 5.41) is 9.11. The van der Waals surface area contributed by atoms with E-state index in [2.05, 4.69) is 12.6 Å². The third-order valence-corrected chi connectivity index (χ3v) is 5.24. The Labute approximate surface area is 98.8 Å². The molecule has 5 atom stereocenters. The molecule has 2 bridgehead atoms. The minimum absolute atomic E-state index is 0.0506. The highest BCUT2D eigenvalue weighted by Gasteiger charge is 2.62. The minimum Gasteiger partial charge on any atom is -0.383 e. The molecule has 5 heteroatoms. The van der Waals surface area contributed by atoms with Crippen LogP contribution in [0.4, 0.5) is 13.2 Å². The van der Waals surface area contributed by atoms with Gasteiger partial charge in [0, 0.05) is 11.2 Å². The van der Waals surface area contributed by atoms with Gasteiger partial charge in [-0.1, -0.05) is 13.8 Å². The van der Waals surface area contributed by atoms with Crippen molar-refractivity contribution in [2.75, 3.05) is 0 Å². The Balaban J connectivity index is 2.20. The average molecular weight is 254 g/mol. The molecule has 0 radical (unpaired) electrons. The third kappa shape index (κ3) is 1.67. The lowest BCUT2D eigenvalue weighted by molar-refractivity contribution is -0.249. The van der Waals surface area contributed by atoms with Crippen LogP contribution in [0.5, 0.6) is 0 Å². The topological polar surface area (TPSA) is 20.2 Å². The maximum Gasteiger partial charge on any atom is 0.414 e. The Morgan fingerprint density at radius 3 is 2.31 bits per heavy atom. The molecule has 0 spiro atoms. The number of aliphatic hydroxyl groups is 1. The van der Waals surface area contributed by atoms with E-state index in [0.717, 1.165) is 6.42 Å². The maximum absolute atomic E-state index is 12.6. The van der Waals surface area contributed by atoms with Crippen molar-refractivity contribution in [2.45, 2.75) is 44.2 Å². The van der Waals surface area contributed by atoms with Crippen LogP contribution in [0.25, 0.3) is 0 Å². The molecule has 3 aliphatic carbocycles. The van der Waals surface area contributed by atoms with Gasteiger partial charge >= 0.3 is 6.18 Å². The summed E-state index contributed by atoms with van der Waals surface area (Å²) in [6, 6.07) is 0. The van der Waals surface area contributed by atoms with Gasteiger partial charge < -0.3 is 5.11 Å². The van der Waals surface area contributed by atoms with E-state index in [4.69, 9.17) is 0 Å². The Morgan fingerprint density at radius 2 is 1.88 bits per heavy atom. The molecule has 0 heterocycles. The van der Waals surface area contributed by atoms with Crippen molar-refractivity contribution >= 4 is 12.6 Å². The van der Waals surface area contributed by atoms with Crippen LogP contribution in [0.15, 0.2) is 0 Å². The monoisotopic (exact) mass is 254 g/mol.